The van der Waals surface area contributed by atoms with Crippen LogP contribution >= 0.6 is 27.5 Å². The molecule has 0 spiro atoms. The van der Waals surface area contributed by atoms with Gasteiger partial charge in [0.15, 0.2) is 0 Å². The third kappa shape index (κ3) is 5.73. The zero-order chi connectivity index (χ0) is 16.0. The van der Waals surface area contributed by atoms with Crippen LogP contribution in [0.5, 0.6) is 0 Å². The van der Waals surface area contributed by atoms with Crippen LogP contribution in [0, 0.1) is 0 Å². The van der Waals surface area contributed by atoms with Crippen LogP contribution in [0.1, 0.15) is 29.6 Å². The van der Waals surface area contributed by atoms with Crippen molar-refractivity contribution in [1.82, 2.24) is 5.32 Å². The summed E-state index contributed by atoms with van der Waals surface area (Å²) in [5.74, 6) is -2.86. The fourth-order valence-electron chi connectivity index (χ4n) is 1.62. The summed E-state index contributed by atoms with van der Waals surface area (Å²) in [5.41, 5.74) is 0.149. The van der Waals surface area contributed by atoms with Crippen molar-refractivity contribution in [2.45, 2.75) is 25.3 Å². The number of carbonyl (C=O) groups is 3. The van der Waals surface area contributed by atoms with Crippen molar-refractivity contribution in [1.29, 1.82) is 0 Å². The minimum atomic E-state index is -1.22. The van der Waals surface area contributed by atoms with E-state index in [0.717, 1.165) is 0 Å². The lowest BCUT2D eigenvalue weighted by Crippen LogP contribution is -2.40. The van der Waals surface area contributed by atoms with Crippen LogP contribution in [-0.4, -0.2) is 34.1 Å². The Morgan fingerprint density at radius 3 is 2.52 bits per heavy atom. The molecule has 0 aliphatic carbocycles. The lowest BCUT2D eigenvalue weighted by molar-refractivity contribution is -0.140. The van der Waals surface area contributed by atoms with E-state index in [2.05, 4.69) is 21.2 Å². The van der Waals surface area contributed by atoms with Gasteiger partial charge in [-0.25, -0.2) is 4.79 Å². The summed E-state index contributed by atoms with van der Waals surface area (Å²) in [7, 11) is 0. The second-order valence-corrected chi connectivity index (χ2v) is 5.60. The summed E-state index contributed by atoms with van der Waals surface area (Å²) in [4.78, 5) is 33.5. The minimum absolute atomic E-state index is 0.0268. The summed E-state index contributed by atoms with van der Waals surface area (Å²) in [6.07, 6.45) is 0.0229. The molecule has 21 heavy (non-hydrogen) atoms. The maximum Gasteiger partial charge on any atom is 0.326 e. The highest BCUT2D eigenvalue weighted by Crippen LogP contribution is 2.21. The molecule has 0 saturated heterocycles. The molecule has 0 aromatic heterocycles. The third-order valence-corrected chi connectivity index (χ3v) is 3.48. The quantitative estimate of drug-likeness (QED) is 0.676. The molecular weight excluding hydrogens is 366 g/mol. The Hall–Kier alpha value is -1.60. The van der Waals surface area contributed by atoms with Crippen LogP contribution in [0.15, 0.2) is 22.7 Å². The number of hydrogen-bond acceptors (Lipinski definition) is 3. The molecule has 0 heterocycles. The first-order valence-electron chi connectivity index (χ1n) is 6.01. The highest BCUT2D eigenvalue weighted by atomic mass is 79.9. The second-order valence-electron chi connectivity index (χ2n) is 4.27. The molecule has 1 aromatic rings. The normalized spacial score (nSPS) is 11.7. The zero-order valence-electron chi connectivity index (χ0n) is 10.8. The Morgan fingerprint density at radius 2 is 1.95 bits per heavy atom. The molecule has 114 valence electrons. The maximum absolute atomic E-state index is 12.0. The number of amides is 1. The number of carbonyl (C=O) groups excluding carboxylic acids is 1. The molecule has 8 heteroatoms. The van der Waals surface area contributed by atoms with E-state index >= 15 is 0 Å². The number of benzene rings is 1. The van der Waals surface area contributed by atoms with E-state index in [1.807, 2.05) is 0 Å². The number of nitrogens with one attached hydrogen (secondary N) is 1. The predicted molar refractivity (Wildman–Crippen MR) is 79.5 cm³/mol. The maximum atomic E-state index is 12.0. The van der Waals surface area contributed by atoms with Crippen molar-refractivity contribution in [3.63, 3.8) is 0 Å². The van der Waals surface area contributed by atoms with E-state index in [0.29, 0.717) is 4.47 Å². The molecule has 0 aliphatic heterocycles. The molecule has 0 unspecified atom stereocenters. The molecule has 0 aliphatic rings. The summed E-state index contributed by atoms with van der Waals surface area (Å²) in [5, 5.41) is 20.1. The fraction of sp³-hybridized carbons (Fsp3) is 0.308. The van der Waals surface area contributed by atoms with E-state index in [-0.39, 0.29) is 29.8 Å². The molecule has 0 saturated carbocycles. The van der Waals surface area contributed by atoms with Gasteiger partial charge in [-0.15, -0.1) is 0 Å². The zero-order valence-corrected chi connectivity index (χ0v) is 13.1. The van der Waals surface area contributed by atoms with Gasteiger partial charge in [0.2, 0.25) is 0 Å². The Bertz CT molecular complexity index is 563. The number of hydrogen-bond donors (Lipinski definition) is 3. The molecule has 1 rings (SSSR count). The largest absolute Gasteiger partial charge is 0.481 e. The Morgan fingerprint density at radius 1 is 1.29 bits per heavy atom. The monoisotopic (exact) mass is 377 g/mol. The van der Waals surface area contributed by atoms with Crippen molar-refractivity contribution in [2.75, 3.05) is 0 Å². The molecule has 3 N–H and O–H groups in total. The summed E-state index contributed by atoms with van der Waals surface area (Å²) >= 11 is 9.09. The Balaban J connectivity index is 2.74. The van der Waals surface area contributed by atoms with Gasteiger partial charge in [-0.1, -0.05) is 27.5 Å². The van der Waals surface area contributed by atoms with Crippen molar-refractivity contribution in [3.05, 3.63) is 33.3 Å². The molecular formula is C13H13BrClNO5. The van der Waals surface area contributed by atoms with E-state index in [9.17, 15) is 14.4 Å². The Kier molecular flexibility index (Phi) is 6.64. The molecule has 0 radical (unpaired) electrons. The van der Waals surface area contributed by atoms with Gasteiger partial charge in [0, 0.05) is 10.9 Å². The summed E-state index contributed by atoms with van der Waals surface area (Å²) in [6, 6.07) is 3.49. The highest BCUT2D eigenvalue weighted by Gasteiger charge is 2.22. The predicted octanol–water partition coefficient (Wildman–Crippen LogP) is 2.54. The van der Waals surface area contributed by atoms with Gasteiger partial charge in [-0.05, 0) is 31.0 Å². The van der Waals surface area contributed by atoms with Crippen LogP contribution in [0.4, 0.5) is 0 Å². The smallest absolute Gasteiger partial charge is 0.326 e. The van der Waals surface area contributed by atoms with Gasteiger partial charge in [-0.2, -0.15) is 0 Å². The number of halogens is 2. The molecule has 0 fully saturated rings. The number of aliphatic carboxylic acids is 2. The van der Waals surface area contributed by atoms with Crippen molar-refractivity contribution in [3.8, 4) is 0 Å². The second kappa shape index (κ2) is 7.99. The summed E-state index contributed by atoms with van der Waals surface area (Å²) in [6.45, 7) is 0. The highest BCUT2D eigenvalue weighted by molar-refractivity contribution is 9.10. The lowest BCUT2D eigenvalue weighted by Gasteiger charge is -2.14. The van der Waals surface area contributed by atoms with Crippen molar-refractivity contribution < 1.29 is 24.6 Å². The van der Waals surface area contributed by atoms with E-state index in [4.69, 9.17) is 21.8 Å². The number of carboxylic acid groups (broad SMARTS) is 2. The number of rotatable bonds is 7. The minimum Gasteiger partial charge on any atom is -0.481 e. The third-order valence-electron chi connectivity index (χ3n) is 2.66. The van der Waals surface area contributed by atoms with E-state index in [1.165, 1.54) is 12.1 Å². The van der Waals surface area contributed by atoms with Crippen molar-refractivity contribution in [2.24, 2.45) is 0 Å². The summed E-state index contributed by atoms with van der Waals surface area (Å²) < 4.78 is 0.634. The molecule has 0 bridgehead atoms. The van der Waals surface area contributed by atoms with Gasteiger partial charge in [0.05, 0.1) is 10.6 Å². The van der Waals surface area contributed by atoms with Crippen molar-refractivity contribution >= 4 is 45.4 Å². The van der Waals surface area contributed by atoms with Gasteiger partial charge in [-0.3, -0.25) is 9.59 Å². The number of carboxylic acids is 2. The van der Waals surface area contributed by atoms with E-state index in [1.54, 1.807) is 6.07 Å². The molecule has 6 nitrogen and oxygen atoms in total. The first kappa shape index (κ1) is 17.5. The average Bonchev–Trinajstić information content (AvgIpc) is 2.39. The molecule has 1 amide bonds. The van der Waals surface area contributed by atoms with Crippen LogP contribution in [0.2, 0.25) is 5.02 Å². The first-order valence-corrected chi connectivity index (χ1v) is 7.19. The fourth-order valence-corrected chi connectivity index (χ4v) is 2.19. The van der Waals surface area contributed by atoms with Gasteiger partial charge < -0.3 is 15.5 Å². The van der Waals surface area contributed by atoms with Crippen LogP contribution in [-0.2, 0) is 9.59 Å². The standard InChI is InChI=1S/C13H13BrClNO5/c14-7-4-5-9(15)8(6-7)12(19)16-10(13(20)21)2-1-3-11(17)18/h4-6,10H,1-3H2,(H,16,19)(H,17,18)(H,20,21)/t10-/m1/s1. The Labute approximate surface area is 134 Å². The lowest BCUT2D eigenvalue weighted by atomic mass is 10.1. The molecule has 1 aromatic carbocycles. The van der Waals surface area contributed by atoms with Gasteiger partial charge in [0.25, 0.3) is 5.91 Å². The van der Waals surface area contributed by atoms with Gasteiger partial charge in [0.1, 0.15) is 6.04 Å². The van der Waals surface area contributed by atoms with Crippen LogP contribution in [0.3, 0.4) is 0 Å². The average molecular weight is 379 g/mol. The first-order chi connectivity index (χ1) is 9.81. The SMILES string of the molecule is O=C(O)CCC[C@@H](NC(=O)c1cc(Br)ccc1Cl)C(=O)O. The topological polar surface area (TPSA) is 104 Å². The van der Waals surface area contributed by atoms with E-state index < -0.39 is 23.9 Å². The van der Waals surface area contributed by atoms with Gasteiger partial charge >= 0.3 is 11.9 Å². The molecule has 1 atom stereocenters. The van der Waals surface area contributed by atoms with Crippen LogP contribution < -0.4 is 5.32 Å². The van der Waals surface area contributed by atoms with Crippen LogP contribution in [0.25, 0.3) is 0 Å².